The molecule has 20 heavy (non-hydrogen) atoms. The Morgan fingerprint density at radius 2 is 2.05 bits per heavy atom. The first-order valence-corrected chi connectivity index (χ1v) is 7.76. The van der Waals surface area contributed by atoms with Crippen LogP contribution in [-0.4, -0.2) is 19.5 Å². The van der Waals surface area contributed by atoms with E-state index in [1.165, 1.54) is 30.3 Å². The van der Waals surface area contributed by atoms with E-state index in [9.17, 15) is 17.6 Å². The number of hydrogen-bond donors (Lipinski definition) is 2. The molecule has 1 aromatic heterocycles. The van der Waals surface area contributed by atoms with E-state index in [2.05, 4.69) is 4.72 Å². The Hall–Kier alpha value is -1.77. The molecule has 8 heteroatoms. The number of carboxylic acid groups (broad SMARTS) is 1. The monoisotopic (exact) mass is 315 g/mol. The molecule has 106 valence electrons. The van der Waals surface area contributed by atoms with E-state index in [1.807, 2.05) is 0 Å². The predicted octanol–water partition coefficient (Wildman–Crippen LogP) is 2.06. The molecule has 0 spiro atoms. The van der Waals surface area contributed by atoms with Crippen LogP contribution in [0.15, 0.2) is 40.6 Å². The SMILES string of the molecule is O=C(O)c1ccc(S(=O)(=O)NCc2cccc(F)c2)s1. The Morgan fingerprint density at radius 1 is 1.30 bits per heavy atom. The Kier molecular flexibility index (Phi) is 4.17. The van der Waals surface area contributed by atoms with Crippen LogP contribution in [0.2, 0.25) is 0 Å². The molecule has 0 atom stereocenters. The van der Waals surface area contributed by atoms with Gasteiger partial charge in [0, 0.05) is 6.54 Å². The zero-order valence-corrected chi connectivity index (χ0v) is 11.7. The van der Waals surface area contributed by atoms with Gasteiger partial charge in [-0.2, -0.15) is 0 Å². The van der Waals surface area contributed by atoms with Gasteiger partial charge in [-0.3, -0.25) is 0 Å². The van der Waals surface area contributed by atoms with Crippen LogP contribution in [0.25, 0.3) is 0 Å². The number of carboxylic acids is 1. The Balaban J connectivity index is 2.12. The summed E-state index contributed by atoms with van der Waals surface area (Å²) in [5, 5.41) is 8.76. The Morgan fingerprint density at radius 3 is 2.65 bits per heavy atom. The van der Waals surface area contributed by atoms with E-state index in [1.54, 1.807) is 6.07 Å². The molecular formula is C12H10FNO4S2. The second-order valence-corrected chi connectivity index (χ2v) is 6.96. The topological polar surface area (TPSA) is 83.5 Å². The number of carbonyl (C=O) groups is 1. The highest BCUT2D eigenvalue weighted by molar-refractivity contribution is 7.91. The van der Waals surface area contributed by atoms with Crippen LogP contribution in [0.4, 0.5) is 4.39 Å². The van der Waals surface area contributed by atoms with E-state index >= 15 is 0 Å². The van der Waals surface area contributed by atoms with E-state index in [-0.39, 0.29) is 15.6 Å². The van der Waals surface area contributed by atoms with Crippen molar-refractivity contribution in [2.75, 3.05) is 0 Å². The van der Waals surface area contributed by atoms with Gasteiger partial charge in [-0.15, -0.1) is 11.3 Å². The third kappa shape index (κ3) is 3.41. The molecule has 2 N–H and O–H groups in total. The average Bonchev–Trinajstić information content (AvgIpc) is 2.87. The largest absolute Gasteiger partial charge is 0.477 e. The summed E-state index contributed by atoms with van der Waals surface area (Å²) in [6.07, 6.45) is 0. The van der Waals surface area contributed by atoms with Gasteiger partial charge in [0.2, 0.25) is 10.0 Å². The number of rotatable bonds is 5. The summed E-state index contributed by atoms with van der Waals surface area (Å²) >= 11 is 0.662. The van der Waals surface area contributed by atoms with Gasteiger partial charge >= 0.3 is 5.97 Å². The summed E-state index contributed by atoms with van der Waals surface area (Å²) in [6, 6.07) is 8.00. The number of halogens is 1. The van der Waals surface area contributed by atoms with Crippen molar-refractivity contribution in [3.63, 3.8) is 0 Å². The van der Waals surface area contributed by atoms with Crippen LogP contribution in [0, 0.1) is 5.82 Å². The zero-order valence-electron chi connectivity index (χ0n) is 10.0. The first kappa shape index (κ1) is 14.6. The summed E-state index contributed by atoms with van der Waals surface area (Å²) < 4.78 is 39.0. The van der Waals surface area contributed by atoms with Gasteiger partial charge in [0.1, 0.15) is 14.9 Å². The number of thiophene rings is 1. The normalized spacial score (nSPS) is 11.4. The first-order valence-electron chi connectivity index (χ1n) is 5.46. The van der Waals surface area contributed by atoms with Crippen molar-refractivity contribution in [2.24, 2.45) is 0 Å². The van der Waals surface area contributed by atoms with Crippen LogP contribution >= 0.6 is 11.3 Å². The zero-order chi connectivity index (χ0) is 14.8. The fourth-order valence-corrected chi connectivity index (χ4v) is 3.68. The molecule has 0 saturated carbocycles. The fraction of sp³-hybridized carbons (Fsp3) is 0.0833. The van der Waals surface area contributed by atoms with Crippen LogP contribution < -0.4 is 4.72 Å². The fourth-order valence-electron chi connectivity index (χ4n) is 1.48. The molecule has 0 radical (unpaired) electrons. The van der Waals surface area contributed by atoms with Crippen molar-refractivity contribution in [1.29, 1.82) is 0 Å². The molecular weight excluding hydrogens is 305 g/mol. The Labute approximate surface area is 118 Å². The summed E-state index contributed by atoms with van der Waals surface area (Å²) in [4.78, 5) is 10.7. The van der Waals surface area contributed by atoms with Crippen molar-refractivity contribution in [3.05, 3.63) is 52.7 Å². The molecule has 0 bridgehead atoms. The van der Waals surface area contributed by atoms with Crippen LogP contribution in [0.1, 0.15) is 15.2 Å². The smallest absolute Gasteiger partial charge is 0.345 e. The molecule has 5 nitrogen and oxygen atoms in total. The molecule has 0 amide bonds. The molecule has 2 rings (SSSR count). The summed E-state index contributed by atoms with van der Waals surface area (Å²) in [7, 11) is -3.80. The molecule has 2 aromatic rings. The van der Waals surface area contributed by atoms with Gasteiger partial charge < -0.3 is 5.11 Å². The molecule has 1 aromatic carbocycles. The van der Waals surface area contributed by atoms with E-state index in [0.717, 1.165) is 0 Å². The number of sulfonamides is 1. The van der Waals surface area contributed by atoms with E-state index in [4.69, 9.17) is 5.11 Å². The minimum Gasteiger partial charge on any atom is -0.477 e. The minimum absolute atomic E-state index is 0.0591. The summed E-state index contributed by atoms with van der Waals surface area (Å²) in [5.74, 6) is -1.63. The molecule has 0 unspecified atom stereocenters. The Bertz CT molecular complexity index is 739. The van der Waals surface area contributed by atoms with Crippen LogP contribution in [0.5, 0.6) is 0 Å². The number of nitrogens with one attached hydrogen (secondary N) is 1. The van der Waals surface area contributed by atoms with Crippen molar-refractivity contribution in [1.82, 2.24) is 4.72 Å². The molecule has 0 saturated heterocycles. The lowest BCUT2D eigenvalue weighted by Gasteiger charge is -2.04. The van der Waals surface area contributed by atoms with Crippen molar-refractivity contribution in [3.8, 4) is 0 Å². The summed E-state index contributed by atoms with van der Waals surface area (Å²) in [5.41, 5.74) is 0.476. The lowest BCUT2D eigenvalue weighted by Crippen LogP contribution is -2.22. The first-order chi connectivity index (χ1) is 9.38. The highest BCUT2D eigenvalue weighted by Crippen LogP contribution is 2.21. The highest BCUT2D eigenvalue weighted by Gasteiger charge is 2.18. The standard InChI is InChI=1S/C12H10FNO4S2/c13-9-3-1-2-8(6-9)7-14-20(17,18)11-5-4-10(19-11)12(15)16/h1-6,14H,7H2,(H,15,16). The van der Waals surface area contributed by atoms with Crippen molar-refractivity contribution < 1.29 is 22.7 Å². The summed E-state index contributed by atoms with van der Waals surface area (Å²) in [6.45, 7) is -0.0690. The maximum absolute atomic E-state index is 13.0. The maximum atomic E-state index is 13.0. The van der Waals surface area contributed by atoms with E-state index < -0.39 is 21.8 Å². The highest BCUT2D eigenvalue weighted by atomic mass is 32.2. The number of benzene rings is 1. The van der Waals surface area contributed by atoms with Gasteiger partial charge in [0.15, 0.2) is 0 Å². The van der Waals surface area contributed by atoms with Crippen molar-refractivity contribution in [2.45, 2.75) is 10.8 Å². The molecule has 0 fully saturated rings. The minimum atomic E-state index is -3.80. The van der Waals surface area contributed by atoms with Crippen LogP contribution in [0.3, 0.4) is 0 Å². The lowest BCUT2D eigenvalue weighted by molar-refractivity contribution is 0.0702. The average molecular weight is 315 g/mol. The predicted molar refractivity (Wildman–Crippen MR) is 71.7 cm³/mol. The second-order valence-electron chi connectivity index (χ2n) is 3.88. The van der Waals surface area contributed by atoms with Crippen LogP contribution in [-0.2, 0) is 16.6 Å². The number of aromatic carboxylic acids is 1. The third-order valence-corrected chi connectivity index (χ3v) is 5.38. The molecule has 0 aliphatic heterocycles. The van der Waals surface area contributed by atoms with Gasteiger partial charge in [0.05, 0.1) is 0 Å². The van der Waals surface area contributed by atoms with Crippen molar-refractivity contribution >= 4 is 27.3 Å². The quantitative estimate of drug-likeness (QED) is 0.884. The maximum Gasteiger partial charge on any atom is 0.345 e. The van der Waals surface area contributed by atoms with Gasteiger partial charge in [0.25, 0.3) is 0 Å². The van der Waals surface area contributed by atoms with Gasteiger partial charge in [-0.1, -0.05) is 12.1 Å². The molecule has 0 aliphatic rings. The second kappa shape index (κ2) is 5.70. The van der Waals surface area contributed by atoms with Gasteiger partial charge in [-0.05, 0) is 29.8 Å². The third-order valence-electron chi connectivity index (χ3n) is 2.41. The van der Waals surface area contributed by atoms with E-state index in [0.29, 0.717) is 16.9 Å². The molecule has 0 aliphatic carbocycles. The lowest BCUT2D eigenvalue weighted by atomic mass is 10.2. The molecule has 1 heterocycles. The number of hydrogen-bond acceptors (Lipinski definition) is 4. The van der Waals surface area contributed by atoms with Gasteiger partial charge in [-0.25, -0.2) is 22.3 Å².